The van der Waals surface area contributed by atoms with Crippen LogP contribution in [0.1, 0.15) is 17.2 Å². The molecule has 0 aliphatic rings. The molecule has 0 radical (unpaired) electrons. The molecule has 2 nitrogen and oxygen atoms in total. The van der Waals surface area contributed by atoms with Gasteiger partial charge in [-0.25, -0.2) is 4.39 Å². The zero-order valence-corrected chi connectivity index (χ0v) is 10.3. The van der Waals surface area contributed by atoms with E-state index in [1.807, 2.05) is 29.6 Å². The average Bonchev–Trinajstić information content (AvgIpc) is 2.86. The van der Waals surface area contributed by atoms with Gasteiger partial charge in [0.25, 0.3) is 0 Å². The summed E-state index contributed by atoms with van der Waals surface area (Å²) in [4.78, 5) is 3.75. The van der Waals surface area contributed by atoms with Crippen molar-refractivity contribution < 1.29 is 4.39 Å². The number of thiophene rings is 1. The normalized spacial score (nSPS) is 12.8. The Morgan fingerprint density at radius 3 is 2.89 bits per heavy atom. The first-order chi connectivity index (χ1) is 8.77. The van der Waals surface area contributed by atoms with Gasteiger partial charge in [-0.15, -0.1) is 11.3 Å². The summed E-state index contributed by atoms with van der Waals surface area (Å²) in [7, 11) is 0. The van der Waals surface area contributed by atoms with Crippen molar-refractivity contribution >= 4 is 21.4 Å². The monoisotopic (exact) mass is 258 g/mol. The fraction of sp³-hybridized carbons (Fsp3) is 0.0714. The number of halogens is 1. The van der Waals surface area contributed by atoms with Crippen LogP contribution in [0.4, 0.5) is 4.39 Å². The van der Waals surface area contributed by atoms with E-state index in [1.54, 1.807) is 23.6 Å². The molecule has 0 amide bonds. The molecule has 0 aliphatic carbocycles. The molecule has 1 aromatic carbocycles. The van der Waals surface area contributed by atoms with Crippen LogP contribution in [0.25, 0.3) is 10.1 Å². The van der Waals surface area contributed by atoms with Crippen LogP contribution < -0.4 is 5.73 Å². The molecule has 3 rings (SSSR count). The lowest BCUT2D eigenvalue weighted by molar-refractivity contribution is 0.594. The van der Waals surface area contributed by atoms with Gasteiger partial charge in [0.05, 0.1) is 12.2 Å². The smallest absolute Gasteiger partial charge is 0.146 e. The number of nitrogens with zero attached hydrogens (tertiary/aromatic N) is 1. The van der Waals surface area contributed by atoms with E-state index >= 15 is 0 Å². The first-order valence-corrected chi connectivity index (χ1v) is 6.46. The second-order valence-electron chi connectivity index (χ2n) is 4.06. The molecule has 0 saturated heterocycles. The molecule has 18 heavy (non-hydrogen) atoms. The van der Waals surface area contributed by atoms with E-state index in [4.69, 9.17) is 5.73 Å². The summed E-state index contributed by atoms with van der Waals surface area (Å²) in [6.07, 6.45) is 2.76. The van der Waals surface area contributed by atoms with E-state index in [0.29, 0.717) is 5.56 Å². The third-order valence-electron chi connectivity index (χ3n) is 2.98. The SMILES string of the molecule is NC(c1ccncc1F)c1cccc2ccsc12. The van der Waals surface area contributed by atoms with Crippen LogP contribution in [0.5, 0.6) is 0 Å². The van der Waals surface area contributed by atoms with Gasteiger partial charge in [0, 0.05) is 16.5 Å². The zero-order chi connectivity index (χ0) is 12.5. The Morgan fingerprint density at radius 1 is 1.17 bits per heavy atom. The van der Waals surface area contributed by atoms with Crippen molar-refractivity contribution in [3.05, 3.63) is 65.0 Å². The number of fused-ring (bicyclic) bond motifs is 1. The maximum Gasteiger partial charge on any atom is 0.146 e. The van der Waals surface area contributed by atoms with Crippen molar-refractivity contribution in [2.75, 3.05) is 0 Å². The molecule has 1 unspecified atom stereocenters. The van der Waals surface area contributed by atoms with Gasteiger partial charge in [-0.3, -0.25) is 4.98 Å². The maximum absolute atomic E-state index is 13.7. The highest BCUT2D eigenvalue weighted by Gasteiger charge is 2.16. The van der Waals surface area contributed by atoms with Crippen LogP contribution in [0.15, 0.2) is 48.1 Å². The van der Waals surface area contributed by atoms with Gasteiger partial charge >= 0.3 is 0 Å². The molecule has 0 aliphatic heterocycles. The van der Waals surface area contributed by atoms with Gasteiger partial charge in [0.1, 0.15) is 5.82 Å². The van der Waals surface area contributed by atoms with Crippen molar-refractivity contribution in [3.63, 3.8) is 0 Å². The van der Waals surface area contributed by atoms with Gasteiger partial charge in [-0.05, 0) is 28.5 Å². The summed E-state index contributed by atoms with van der Waals surface area (Å²) < 4.78 is 14.8. The minimum Gasteiger partial charge on any atom is -0.320 e. The van der Waals surface area contributed by atoms with Crippen molar-refractivity contribution in [3.8, 4) is 0 Å². The fourth-order valence-electron chi connectivity index (χ4n) is 2.07. The standard InChI is InChI=1S/C14H11FN2S/c15-12-8-17-6-4-10(12)13(16)11-3-1-2-9-5-7-18-14(9)11/h1-8,13H,16H2. The topological polar surface area (TPSA) is 38.9 Å². The van der Waals surface area contributed by atoms with E-state index in [0.717, 1.165) is 15.6 Å². The second kappa shape index (κ2) is 4.48. The zero-order valence-electron chi connectivity index (χ0n) is 9.51. The summed E-state index contributed by atoms with van der Waals surface area (Å²) in [6, 6.07) is 9.14. The summed E-state index contributed by atoms with van der Waals surface area (Å²) in [6.45, 7) is 0. The largest absolute Gasteiger partial charge is 0.320 e. The van der Waals surface area contributed by atoms with Crippen LogP contribution >= 0.6 is 11.3 Å². The molecule has 3 aromatic rings. The summed E-state index contributed by atoms with van der Waals surface area (Å²) in [5.41, 5.74) is 7.61. The first-order valence-electron chi connectivity index (χ1n) is 5.58. The highest BCUT2D eigenvalue weighted by atomic mass is 32.1. The molecule has 2 aromatic heterocycles. The number of hydrogen-bond acceptors (Lipinski definition) is 3. The van der Waals surface area contributed by atoms with E-state index in [2.05, 4.69) is 4.98 Å². The molecule has 1 atom stereocenters. The number of nitrogens with two attached hydrogens (primary N) is 1. The number of hydrogen-bond donors (Lipinski definition) is 1. The highest BCUT2D eigenvalue weighted by molar-refractivity contribution is 7.17. The highest BCUT2D eigenvalue weighted by Crippen LogP contribution is 2.31. The third-order valence-corrected chi connectivity index (χ3v) is 3.96. The lowest BCUT2D eigenvalue weighted by Crippen LogP contribution is -2.13. The van der Waals surface area contributed by atoms with E-state index in [1.165, 1.54) is 6.20 Å². The molecular formula is C14H11FN2S. The Labute approximate surface area is 108 Å². The van der Waals surface area contributed by atoms with Crippen molar-refractivity contribution in [2.45, 2.75) is 6.04 Å². The lowest BCUT2D eigenvalue weighted by Gasteiger charge is -2.14. The maximum atomic E-state index is 13.7. The van der Waals surface area contributed by atoms with Gasteiger partial charge in [-0.1, -0.05) is 18.2 Å². The van der Waals surface area contributed by atoms with Gasteiger partial charge < -0.3 is 5.73 Å². The molecule has 90 valence electrons. The minimum absolute atomic E-state index is 0.362. The predicted molar refractivity (Wildman–Crippen MR) is 72.1 cm³/mol. The van der Waals surface area contributed by atoms with Crippen molar-refractivity contribution in [2.24, 2.45) is 5.73 Å². The lowest BCUT2D eigenvalue weighted by atomic mass is 9.99. The molecule has 0 bridgehead atoms. The van der Waals surface area contributed by atoms with Gasteiger partial charge in [-0.2, -0.15) is 0 Å². The first kappa shape index (κ1) is 11.3. The number of rotatable bonds is 2. The Morgan fingerprint density at radius 2 is 2.06 bits per heavy atom. The van der Waals surface area contributed by atoms with E-state index in [9.17, 15) is 4.39 Å². The van der Waals surface area contributed by atoms with Crippen molar-refractivity contribution in [1.82, 2.24) is 4.98 Å². The Kier molecular flexibility index (Phi) is 2.81. The summed E-state index contributed by atoms with van der Waals surface area (Å²) in [5.74, 6) is -0.362. The Hall–Kier alpha value is -1.78. The van der Waals surface area contributed by atoms with Crippen LogP contribution in [-0.2, 0) is 0 Å². The van der Waals surface area contributed by atoms with E-state index < -0.39 is 6.04 Å². The number of pyridine rings is 1. The molecular weight excluding hydrogens is 247 g/mol. The molecule has 0 spiro atoms. The summed E-state index contributed by atoms with van der Waals surface area (Å²) in [5, 5.41) is 3.16. The fourth-order valence-corrected chi connectivity index (χ4v) is 3.02. The molecule has 2 N–H and O–H groups in total. The summed E-state index contributed by atoms with van der Waals surface area (Å²) >= 11 is 1.62. The van der Waals surface area contributed by atoms with E-state index in [-0.39, 0.29) is 5.82 Å². The minimum atomic E-state index is -0.463. The van der Waals surface area contributed by atoms with Crippen LogP contribution in [-0.4, -0.2) is 4.98 Å². The Balaban J connectivity index is 2.15. The quantitative estimate of drug-likeness (QED) is 0.764. The molecule has 4 heteroatoms. The third kappa shape index (κ3) is 1.79. The van der Waals surface area contributed by atoms with Crippen LogP contribution in [0, 0.1) is 5.82 Å². The second-order valence-corrected chi connectivity index (χ2v) is 4.98. The van der Waals surface area contributed by atoms with Gasteiger partial charge in [0.15, 0.2) is 0 Å². The number of benzene rings is 1. The molecule has 2 heterocycles. The number of aromatic nitrogens is 1. The molecule has 0 fully saturated rings. The van der Waals surface area contributed by atoms with Crippen LogP contribution in [0.2, 0.25) is 0 Å². The average molecular weight is 258 g/mol. The predicted octanol–water partition coefficient (Wildman–Crippen LogP) is 3.48. The van der Waals surface area contributed by atoms with Crippen LogP contribution in [0.3, 0.4) is 0 Å². The molecule has 0 saturated carbocycles. The van der Waals surface area contributed by atoms with Crippen molar-refractivity contribution in [1.29, 1.82) is 0 Å². The van der Waals surface area contributed by atoms with Gasteiger partial charge in [0.2, 0.25) is 0 Å². The Bertz CT molecular complexity index is 693.